The van der Waals surface area contributed by atoms with Crippen molar-refractivity contribution in [1.82, 2.24) is 4.98 Å². The second-order valence-corrected chi connectivity index (χ2v) is 6.00. The molecule has 6 nitrogen and oxygen atoms in total. The summed E-state index contributed by atoms with van der Waals surface area (Å²) in [7, 11) is 1.43. The highest BCUT2D eigenvalue weighted by Crippen LogP contribution is 2.47. The van der Waals surface area contributed by atoms with Crippen molar-refractivity contribution in [3.63, 3.8) is 0 Å². The van der Waals surface area contributed by atoms with E-state index in [0.29, 0.717) is 24.5 Å². The van der Waals surface area contributed by atoms with Gasteiger partial charge < -0.3 is 19.9 Å². The molecule has 2 N–H and O–H groups in total. The van der Waals surface area contributed by atoms with E-state index < -0.39 is 17.8 Å². The molecule has 9 heteroatoms. The molecule has 1 atom stereocenters. The standard InChI is InChI=1S/C19H17F3N2O4/c1-26-18-14(28-12-3-6-15(24-10-12)19(20,21)22)5-4-13-11(2-7-16(23)25)8-9-27-17(13)18/h2-7,10-11H,8-9H2,1H3,(H2,23,25). The van der Waals surface area contributed by atoms with Gasteiger partial charge in [-0.1, -0.05) is 12.1 Å². The van der Waals surface area contributed by atoms with E-state index >= 15 is 0 Å². The highest BCUT2D eigenvalue weighted by Gasteiger charge is 2.32. The normalized spacial score (nSPS) is 16.4. The maximum atomic E-state index is 12.6. The number of alkyl halides is 3. The lowest BCUT2D eigenvalue weighted by molar-refractivity contribution is -0.141. The maximum Gasteiger partial charge on any atom is 0.433 e. The molecule has 0 saturated heterocycles. The molecule has 0 fully saturated rings. The van der Waals surface area contributed by atoms with E-state index in [-0.39, 0.29) is 17.4 Å². The van der Waals surface area contributed by atoms with Crippen molar-refractivity contribution in [2.24, 2.45) is 5.73 Å². The molecule has 1 aliphatic heterocycles. The van der Waals surface area contributed by atoms with E-state index in [2.05, 4.69) is 4.98 Å². The summed E-state index contributed by atoms with van der Waals surface area (Å²) in [6.45, 7) is 0.391. The summed E-state index contributed by atoms with van der Waals surface area (Å²) >= 11 is 0. The number of ether oxygens (including phenoxy) is 3. The number of nitrogens with two attached hydrogens (primary N) is 1. The molecule has 3 rings (SSSR count). The molecule has 0 spiro atoms. The number of carbonyl (C=O) groups excluding carboxylic acids is 1. The Morgan fingerprint density at radius 3 is 2.71 bits per heavy atom. The lowest BCUT2D eigenvalue weighted by Gasteiger charge is -2.26. The largest absolute Gasteiger partial charge is 0.490 e. The molecule has 2 heterocycles. The van der Waals surface area contributed by atoms with Crippen LogP contribution in [0.4, 0.5) is 13.2 Å². The van der Waals surface area contributed by atoms with Crippen LogP contribution in [0.3, 0.4) is 0 Å². The minimum Gasteiger partial charge on any atom is -0.490 e. The number of methoxy groups -OCH3 is 1. The fraction of sp³-hybridized carbons (Fsp3) is 0.263. The van der Waals surface area contributed by atoms with Gasteiger partial charge in [0.1, 0.15) is 11.4 Å². The number of pyridine rings is 1. The monoisotopic (exact) mass is 394 g/mol. The van der Waals surface area contributed by atoms with E-state index in [4.69, 9.17) is 19.9 Å². The van der Waals surface area contributed by atoms with Crippen molar-refractivity contribution >= 4 is 5.91 Å². The van der Waals surface area contributed by atoms with Crippen LogP contribution < -0.4 is 19.9 Å². The molecular weight excluding hydrogens is 377 g/mol. The summed E-state index contributed by atoms with van der Waals surface area (Å²) < 4.78 is 54.6. The molecule has 0 saturated carbocycles. The van der Waals surface area contributed by atoms with E-state index in [1.807, 2.05) is 0 Å². The SMILES string of the molecule is COc1c(Oc2ccc(C(F)(F)F)nc2)ccc2c1OCCC2C=CC(N)=O. The summed E-state index contributed by atoms with van der Waals surface area (Å²) in [6.07, 6.45) is 0.112. The molecular formula is C19H17F3N2O4. The van der Waals surface area contributed by atoms with Crippen LogP contribution in [0.25, 0.3) is 0 Å². The number of fused-ring (bicyclic) bond motifs is 1. The lowest BCUT2D eigenvalue weighted by atomic mass is 9.92. The number of primary amides is 1. The lowest BCUT2D eigenvalue weighted by Crippen LogP contribution is -2.15. The molecule has 148 valence electrons. The molecule has 0 radical (unpaired) electrons. The molecule has 1 unspecified atom stereocenters. The van der Waals surface area contributed by atoms with Crippen molar-refractivity contribution < 1.29 is 32.2 Å². The minimum atomic E-state index is -4.52. The molecule has 0 bridgehead atoms. The number of amides is 1. The van der Waals surface area contributed by atoms with Crippen LogP contribution in [-0.2, 0) is 11.0 Å². The molecule has 0 aliphatic carbocycles. The zero-order chi connectivity index (χ0) is 20.3. The van der Waals surface area contributed by atoms with Gasteiger partial charge in [-0.25, -0.2) is 4.98 Å². The maximum absolute atomic E-state index is 12.6. The van der Waals surface area contributed by atoms with Crippen LogP contribution >= 0.6 is 0 Å². The zero-order valence-electron chi connectivity index (χ0n) is 14.8. The fourth-order valence-corrected chi connectivity index (χ4v) is 2.86. The third-order valence-electron chi connectivity index (χ3n) is 4.13. The topological polar surface area (TPSA) is 83.7 Å². The predicted molar refractivity (Wildman–Crippen MR) is 93.5 cm³/mol. The average molecular weight is 394 g/mol. The van der Waals surface area contributed by atoms with Crippen molar-refractivity contribution in [1.29, 1.82) is 0 Å². The molecule has 28 heavy (non-hydrogen) atoms. The van der Waals surface area contributed by atoms with Gasteiger partial charge in [0, 0.05) is 11.5 Å². The van der Waals surface area contributed by atoms with Gasteiger partial charge in [-0.3, -0.25) is 4.79 Å². The smallest absolute Gasteiger partial charge is 0.433 e. The van der Waals surface area contributed by atoms with Gasteiger partial charge in [-0.2, -0.15) is 13.2 Å². The Morgan fingerprint density at radius 2 is 2.11 bits per heavy atom. The quantitative estimate of drug-likeness (QED) is 0.780. The van der Waals surface area contributed by atoms with Gasteiger partial charge in [0.25, 0.3) is 0 Å². The first-order valence-corrected chi connectivity index (χ1v) is 8.32. The zero-order valence-corrected chi connectivity index (χ0v) is 14.8. The third kappa shape index (κ3) is 4.19. The van der Waals surface area contributed by atoms with Crippen molar-refractivity contribution in [2.45, 2.75) is 18.5 Å². The number of rotatable bonds is 5. The second kappa shape index (κ2) is 7.79. The van der Waals surface area contributed by atoms with Crippen molar-refractivity contribution in [3.8, 4) is 23.0 Å². The van der Waals surface area contributed by atoms with Crippen LogP contribution in [0.2, 0.25) is 0 Å². The number of benzene rings is 1. The first-order valence-electron chi connectivity index (χ1n) is 8.32. The van der Waals surface area contributed by atoms with Crippen molar-refractivity contribution in [3.05, 3.63) is 53.9 Å². The molecule has 2 aromatic rings. The van der Waals surface area contributed by atoms with Gasteiger partial charge in [-0.15, -0.1) is 0 Å². The molecule has 1 aromatic carbocycles. The number of hydrogen-bond donors (Lipinski definition) is 1. The summed E-state index contributed by atoms with van der Waals surface area (Å²) in [4.78, 5) is 14.4. The first-order chi connectivity index (χ1) is 13.3. The number of aromatic nitrogens is 1. The van der Waals surface area contributed by atoms with Gasteiger partial charge in [0.05, 0.1) is 19.9 Å². The Kier molecular flexibility index (Phi) is 5.43. The number of allylic oxidation sites excluding steroid dienone is 1. The summed E-state index contributed by atoms with van der Waals surface area (Å²) in [5.41, 5.74) is 4.94. The Balaban J connectivity index is 1.90. The number of carbonyl (C=O) groups is 1. The Bertz CT molecular complexity index is 895. The Hall–Kier alpha value is -3.23. The van der Waals surface area contributed by atoms with Crippen LogP contribution in [0.5, 0.6) is 23.0 Å². The third-order valence-corrected chi connectivity index (χ3v) is 4.13. The van der Waals surface area contributed by atoms with Crippen LogP contribution in [0, 0.1) is 0 Å². The van der Waals surface area contributed by atoms with Crippen LogP contribution in [0.1, 0.15) is 23.6 Å². The van der Waals surface area contributed by atoms with Crippen molar-refractivity contribution in [2.75, 3.05) is 13.7 Å². The first kappa shape index (κ1) is 19.5. The Morgan fingerprint density at radius 1 is 1.32 bits per heavy atom. The second-order valence-electron chi connectivity index (χ2n) is 6.00. The number of hydrogen-bond acceptors (Lipinski definition) is 5. The van der Waals surface area contributed by atoms with E-state index in [9.17, 15) is 18.0 Å². The van der Waals surface area contributed by atoms with E-state index in [1.54, 1.807) is 18.2 Å². The highest BCUT2D eigenvalue weighted by atomic mass is 19.4. The van der Waals surface area contributed by atoms with Crippen LogP contribution in [-0.4, -0.2) is 24.6 Å². The number of nitrogens with zero attached hydrogens (tertiary/aromatic N) is 1. The highest BCUT2D eigenvalue weighted by molar-refractivity contribution is 5.85. The summed E-state index contributed by atoms with van der Waals surface area (Å²) in [5.74, 6) is 0.496. The fourth-order valence-electron chi connectivity index (χ4n) is 2.86. The predicted octanol–water partition coefficient (Wildman–Crippen LogP) is 3.81. The minimum absolute atomic E-state index is 0.0908. The molecule has 1 amide bonds. The summed E-state index contributed by atoms with van der Waals surface area (Å²) in [5, 5.41) is 0. The average Bonchev–Trinajstić information content (AvgIpc) is 2.65. The molecule has 1 aliphatic rings. The van der Waals surface area contributed by atoms with Gasteiger partial charge in [0.2, 0.25) is 11.7 Å². The number of halogens is 3. The van der Waals surface area contributed by atoms with Gasteiger partial charge >= 0.3 is 6.18 Å². The van der Waals surface area contributed by atoms with Crippen LogP contribution in [0.15, 0.2) is 42.6 Å². The van der Waals surface area contributed by atoms with Gasteiger partial charge in [-0.05, 0) is 30.7 Å². The summed E-state index contributed by atoms with van der Waals surface area (Å²) in [6, 6.07) is 5.38. The van der Waals surface area contributed by atoms with Gasteiger partial charge in [0.15, 0.2) is 11.5 Å². The Labute approximate surface area is 158 Å². The van der Waals surface area contributed by atoms with E-state index in [1.165, 1.54) is 19.3 Å². The molecule has 1 aromatic heterocycles. The van der Waals surface area contributed by atoms with E-state index in [0.717, 1.165) is 17.8 Å².